The molecule has 1 N–H and O–H groups in total. The predicted octanol–water partition coefficient (Wildman–Crippen LogP) is 3.73. The molecule has 6 nitrogen and oxygen atoms in total. The molecule has 26 heavy (non-hydrogen) atoms. The summed E-state index contributed by atoms with van der Waals surface area (Å²) < 4.78 is 10.6. The molecule has 0 saturated carbocycles. The van der Waals surface area contributed by atoms with Gasteiger partial charge in [-0.2, -0.15) is 0 Å². The lowest BCUT2D eigenvalue weighted by Crippen LogP contribution is -2.24. The van der Waals surface area contributed by atoms with Crippen molar-refractivity contribution < 1.29 is 24.2 Å². The van der Waals surface area contributed by atoms with Crippen LogP contribution in [0.1, 0.15) is 71.9 Å². The highest BCUT2D eigenvalue weighted by Crippen LogP contribution is 2.24. The van der Waals surface area contributed by atoms with Gasteiger partial charge in [0.15, 0.2) is 0 Å². The summed E-state index contributed by atoms with van der Waals surface area (Å²) in [5.74, 6) is -0.502. The van der Waals surface area contributed by atoms with Crippen LogP contribution in [0.15, 0.2) is 12.4 Å². The molecule has 0 aliphatic heterocycles. The summed E-state index contributed by atoms with van der Waals surface area (Å²) in [6.07, 6.45) is 5.02. The Kier molecular flexibility index (Phi) is 7.60. The lowest BCUT2D eigenvalue weighted by molar-refractivity contribution is -0.155. The van der Waals surface area contributed by atoms with Crippen LogP contribution in [0.4, 0.5) is 0 Å². The zero-order valence-corrected chi connectivity index (χ0v) is 16.7. The number of hydrogen-bond acceptors (Lipinski definition) is 6. The van der Waals surface area contributed by atoms with Gasteiger partial charge < -0.3 is 14.6 Å². The van der Waals surface area contributed by atoms with E-state index in [1.165, 1.54) is 6.20 Å². The van der Waals surface area contributed by atoms with Gasteiger partial charge in [-0.3, -0.25) is 14.6 Å². The number of carbonyl (C=O) groups is 2. The maximum atomic E-state index is 11.9. The molecule has 6 heteroatoms. The van der Waals surface area contributed by atoms with E-state index in [9.17, 15) is 14.7 Å². The van der Waals surface area contributed by atoms with Crippen LogP contribution < -0.4 is 0 Å². The van der Waals surface area contributed by atoms with E-state index in [0.29, 0.717) is 31.2 Å². The Morgan fingerprint density at radius 2 is 1.46 bits per heavy atom. The van der Waals surface area contributed by atoms with Crippen LogP contribution in [-0.2, 0) is 31.9 Å². The molecular formula is C20H31NO5. The van der Waals surface area contributed by atoms with Crippen molar-refractivity contribution >= 4 is 11.9 Å². The van der Waals surface area contributed by atoms with E-state index < -0.39 is 11.2 Å². The minimum atomic E-state index is -0.534. The maximum absolute atomic E-state index is 11.9. The quantitative estimate of drug-likeness (QED) is 0.741. The molecule has 0 spiro atoms. The number of esters is 2. The van der Waals surface area contributed by atoms with Crippen molar-refractivity contribution in [3.63, 3.8) is 0 Å². The number of ether oxygens (including phenoxy) is 2. The smallest absolute Gasteiger partial charge is 0.306 e. The monoisotopic (exact) mass is 365 g/mol. The fourth-order valence-corrected chi connectivity index (χ4v) is 2.46. The molecule has 146 valence electrons. The summed E-state index contributed by atoms with van der Waals surface area (Å²) in [5.41, 5.74) is 0.475. The topological polar surface area (TPSA) is 85.7 Å². The van der Waals surface area contributed by atoms with Gasteiger partial charge in [0.25, 0.3) is 0 Å². The number of pyridine rings is 1. The van der Waals surface area contributed by atoms with Crippen LogP contribution in [0.25, 0.3) is 0 Å². The second-order valence-electron chi connectivity index (χ2n) is 8.32. The van der Waals surface area contributed by atoms with Crippen molar-refractivity contribution in [2.75, 3.05) is 0 Å². The lowest BCUT2D eigenvalue weighted by Gasteiger charge is -2.20. The molecule has 0 fully saturated rings. The van der Waals surface area contributed by atoms with Crippen molar-refractivity contribution in [1.29, 1.82) is 0 Å². The molecule has 1 heterocycles. The molecule has 0 atom stereocenters. The first-order chi connectivity index (χ1) is 11.9. The number of aromatic nitrogens is 1. The van der Waals surface area contributed by atoms with Crippen molar-refractivity contribution in [1.82, 2.24) is 4.98 Å². The zero-order valence-electron chi connectivity index (χ0n) is 16.7. The van der Waals surface area contributed by atoms with Gasteiger partial charge in [-0.1, -0.05) is 0 Å². The van der Waals surface area contributed by atoms with Gasteiger partial charge in [0.2, 0.25) is 0 Å². The lowest BCUT2D eigenvalue weighted by atomic mass is 9.99. The van der Waals surface area contributed by atoms with Gasteiger partial charge in [-0.05, 0) is 66.4 Å². The Bertz CT molecular complexity index is 626. The third kappa shape index (κ3) is 8.83. The van der Waals surface area contributed by atoms with E-state index in [-0.39, 0.29) is 24.1 Å². The molecular weight excluding hydrogens is 334 g/mol. The van der Waals surface area contributed by atoms with E-state index in [0.717, 1.165) is 5.56 Å². The van der Waals surface area contributed by atoms with E-state index in [4.69, 9.17) is 9.47 Å². The van der Waals surface area contributed by atoms with Crippen molar-refractivity contribution in [2.24, 2.45) is 0 Å². The summed E-state index contributed by atoms with van der Waals surface area (Å²) >= 11 is 0. The van der Waals surface area contributed by atoms with Crippen LogP contribution in [0.2, 0.25) is 0 Å². The van der Waals surface area contributed by atoms with Crippen molar-refractivity contribution in [2.45, 2.75) is 84.8 Å². The number of aromatic hydroxyl groups is 1. The molecule has 0 radical (unpaired) electrons. The van der Waals surface area contributed by atoms with Gasteiger partial charge in [-0.25, -0.2) is 0 Å². The third-order valence-electron chi connectivity index (χ3n) is 3.37. The molecule has 0 unspecified atom stereocenters. The molecule has 0 bridgehead atoms. The van der Waals surface area contributed by atoms with Crippen LogP contribution in [-0.4, -0.2) is 33.2 Å². The maximum Gasteiger partial charge on any atom is 0.306 e. The Hall–Kier alpha value is -2.11. The predicted molar refractivity (Wildman–Crippen MR) is 98.9 cm³/mol. The second kappa shape index (κ2) is 9.01. The summed E-state index contributed by atoms with van der Waals surface area (Å²) in [4.78, 5) is 27.7. The Morgan fingerprint density at radius 1 is 0.923 bits per heavy atom. The second-order valence-corrected chi connectivity index (χ2v) is 8.32. The number of rotatable bonds is 7. The molecule has 0 saturated heterocycles. The van der Waals surface area contributed by atoms with Crippen LogP contribution in [0.5, 0.6) is 5.75 Å². The highest BCUT2D eigenvalue weighted by atomic mass is 16.6. The largest absolute Gasteiger partial charge is 0.506 e. The number of hydrogen-bond donors (Lipinski definition) is 1. The van der Waals surface area contributed by atoms with Crippen LogP contribution in [0, 0.1) is 0 Å². The minimum absolute atomic E-state index is 0.0586. The fourth-order valence-electron chi connectivity index (χ4n) is 2.46. The number of carbonyl (C=O) groups excluding carboxylic acids is 2. The first kappa shape index (κ1) is 21.9. The molecule has 0 aromatic carbocycles. The molecule has 1 rings (SSSR count). The SMILES string of the molecule is CC(C)(C)OC(=O)CCCc1cncc(O)c1CCC(=O)OC(C)(C)C. The first-order valence-electron chi connectivity index (χ1n) is 8.96. The van der Waals surface area contributed by atoms with E-state index in [2.05, 4.69) is 4.98 Å². The normalized spacial score (nSPS) is 11.9. The summed E-state index contributed by atoms with van der Waals surface area (Å²) in [7, 11) is 0. The van der Waals surface area contributed by atoms with Gasteiger partial charge in [0, 0.05) is 24.6 Å². The summed E-state index contributed by atoms with van der Waals surface area (Å²) in [6, 6.07) is 0. The van der Waals surface area contributed by atoms with Gasteiger partial charge in [0.1, 0.15) is 17.0 Å². The van der Waals surface area contributed by atoms with Gasteiger partial charge >= 0.3 is 11.9 Å². The minimum Gasteiger partial charge on any atom is -0.506 e. The number of aryl methyl sites for hydroxylation is 1. The molecule has 0 aliphatic carbocycles. The fraction of sp³-hybridized carbons (Fsp3) is 0.650. The number of nitrogens with zero attached hydrogens (tertiary/aromatic N) is 1. The van der Waals surface area contributed by atoms with Gasteiger partial charge in [-0.15, -0.1) is 0 Å². The molecule has 1 aromatic rings. The average Bonchev–Trinajstić information content (AvgIpc) is 2.42. The van der Waals surface area contributed by atoms with E-state index in [1.807, 2.05) is 41.5 Å². The van der Waals surface area contributed by atoms with Gasteiger partial charge in [0.05, 0.1) is 6.20 Å². The molecule has 0 amide bonds. The Balaban J connectivity index is 2.63. The average molecular weight is 365 g/mol. The van der Waals surface area contributed by atoms with Crippen LogP contribution in [0.3, 0.4) is 0 Å². The highest BCUT2D eigenvalue weighted by molar-refractivity contribution is 5.70. The molecule has 0 aliphatic rings. The standard InChI is InChI=1S/C20H31NO5/c1-19(2,3)25-17(23)9-7-8-14-12-21-13-16(22)15(14)10-11-18(24)26-20(4,5)6/h12-13,22H,7-11H2,1-6H3. The Labute approximate surface area is 155 Å². The zero-order chi connectivity index (χ0) is 20.0. The van der Waals surface area contributed by atoms with Crippen molar-refractivity contribution in [3.8, 4) is 5.75 Å². The van der Waals surface area contributed by atoms with Crippen molar-refractivity contribution in [3.05, 3.63) is 23.5 Å². The van der Waals surface area contributed by atoms with Crippen LogP contribution >= 0.6 is 0 Å². The summed E-state index contributed by atoms with van der Waals surface area (Å²) in [5, 5.41) is 10.1. The Morgan fingerprint density at radius 3 is 2.00 bits per heavy atom. The first-order valence-corrected chi connectivity index (χ1v) is 8.96. The van der Waals surface area contributed by atoms with E-state index >= 15 is 0 Å². The highest BCUT2D eigenvalue weighted by Gasteiger charge is 2.19. The van der Waals surface area contributed by atoms with E-state index in [1.54, 1.807) is 6.20 Å². The molecule has 1 aromatic heterocycles. The third-order valence-corrected chi connectivity index (χ3v) is 3.37. The summed E-state index contributed by atoms with van der Waals surface area (Å²) in [6.45, 7) is 10.9.